The van der Waals surface area contributed by atoms with E-state index in [2.05, 4.69) is 4.98 Å². The first-order valence-corrected chi connectivity index (χ1v) is 5.64. The summed E-state index contributed by atoms with van der Waals surface area (Å²) in [6.07, 6.45) is 3.04. The molecular weight excluding hydrogens is 225 g/mol. The second kappa shape index (κ2) is 5.01. The zero-order chi connectivity index (χ0) is 11.4. The van der Waals surface area contributed by atoms with Crippen molar-refractivity contribution in [2.75, 3.05) is 6.61 Å². The summed E-state index contributed by atoms with van der Waals surface area (Å²) in [7, 11) is 0. The molecule has 0 aliphatic rings. The number of thiophene rings is 1. The van der Waals surface area contributed by atoms with Crippen LogP contribution in [0.3, 0.4) is 0 Å². The molecule has 0 spiro atoms. The van der Waals surface area contributed by atoms with Gasteiger partial charge in [-0.25, -0.2) is 4.39 Å². The Labute approximate surface area is 96.7 Å². The molecule has 2 aromatic rings. The number of hydrogen-bond donors (Lipinski definition) is 1. The quantitative estimate of drug-likeness (QED) is 0.886. The SMILES string of the molecule is OC/C(F)=C\c1csc(-c2ccccn2)c1. The van der Waals surface area contributed by atoms with E-state index in [1.165, 1.54) is 17.4 Å². The molecule has 1 N–H and O–H groups in total. The Morgan fingerprint density at radius 1 is 1.50 bits per heavy atom. The lowest BCUT2D eigenvalue weighted by Crippen LogP contribution is -1.80. The molecule has 2 rings (SSSR count). The first-order valence-electron chi connectivity index (χ1n) is 4.76. The van der Waals surface area contributed by atoms with E-state index in [0.29, 0.717) is 0 Å². The van der Waals surface area contributed by atoms with Crippen molar-refractivity contribution in [2.24, 2.45) is 0 Å². The first kappa shape index (κ1) is 11.0. The molecule has 0 aromatic carbocycles. The van der Waals surface area contributed by atoms with Gasteiger partial charge in [0.05, 0.1) is 17.2 Å². The van der Waals surface area contributed by atoms with Gasteiger partial charge in [-0.1, -0.05) is 6.07 Å². The highest BCUT2D eigenvalue weighted by Crippen LogP contribution is 2.26. The van der Waals surface area contributed by atoms with Crippen molar-refractivity contribution in [1.82, 2.24) is 4.98 Å². The van der Waals surface area contributed by atoms with Crippen molar-refractivity contribution in [3.8, 4) is 10.6 Å². The van der Waals surface area contributed by atoms with Gasteiger partial charge in [0, 0.05) is 6.20 Å². The number of aromatic nitrogens is 1. The molecule has 0 aliphatic heterocycles. The third kappa shape index (κ3) is 2.53. The van der Waals surface area contributed by atoms with E-state index in [-0.39, 0.29) is 0 Å². The Balaban J connectivity index is 2.27. The van der Waals surface area contributed by atoms with Crippen molar-refractivity contribution in [3.63, 3.8) is 0 Å². The fourth-order valence-corrected chi connectivity index (χ4v) is 2.14. The summed E-state index contributed by atoms with van der Waals surface area (Å²) in [5.41, 5.74) is 1.62. The second-order valence-corrected chi connectivity index (χ2v) is 4.12. The highest BCUT2D eigenvalue weighted by Gasteiger charge is 2.02. The molecule has 0 saturated heterocycles. The molecule has 0 fully saturated rings. The van der Waals surface area contributed by atoms with Crippen molar-refractivity contribution >= 4 is 17.4 Å². The fraction of sp³-hybridized carbons (Fsp3) is 0.0833. The summed E-state index contributed by atoms with van der Waals surface area (Å²) < 4.78 is 12.8. The summed E-state index contributed by atoms with van der Waals surface area (Å²) >= 11 is 1.50. The maximum Gasteiger partial charge on any atom is 0.126 e. The maximum atomic E-state index is 12.8. The lowest BCUT2D eigenvalue weighted by Gasteiger charge is -1.93. The van der Waals surface area contributed by atoms with E-state index < -0.39 is 12.4 Å². The van der Waals surface area contributed by atoms with Crippen LogP contribution in [0.2, 0.25) is 0 Å². The van der Waals surface area contributed by atoms with Crippen LogP contribution in [0.15, 0.2) is 41.7 Å². The predicted molar refractivity (Wildman–Crippen MR) is 63.7 cm³/mol. The normalized spacial score (nSPS) is 11.8. The number of halogens is 1. The van der Waals surface area contributed by atoms with Crippen molar-refractivity contribution in [3.05, 3.63) is 47.2 Å². The standard InChI is InChI=1S/C12H10FNOS/c13-10(7-15)5-9-6-12(16-8-9)11-3-1-2-4-14-11/h1-6,8,15H,7H2/b10-5+. The van der Waals surface area contributed by atoms with Crippen LogP contribution in [0.4, 0.5) is 4.39 Å². The van der Waals surface area contributed by atoms with E-state index in [0.717, 1.165) is 16.1 Å². The summed E-state index contributed by atoms with van der Waals surface area (Å²) in [4.78, 5) is 5.19. The number of aliphatic hydroxyl groups excluding tert-OH is 1. The van der Waals surface area contributed by atoms with Crippen molar-refractivity contribution < 1.29 is 9.50 Å². The van der Waals surface area contributed by atoms with E-state index >= 15 is 0 Å². The summed E-state index contributed by atoms with van der Waals surface area (Å²) in [5.74, 6) is -0.537. The molecule has 0 aliphatic carbocycles. The molecule has 2 heterocycles. The molecule has 0 atom stereocenters. The second-order valence-electron chi connectivity index (χ2n) is 3.21. The number of hydrogen-bond acceptors (Lipinski definition) is 3. The summed E-state index contributed by atoms with van der Waals surface area (Å²) in [6.45, 7) is -0.561. The van der Waals surface area contributed by atoms with Gasteiger partial charge in [0.2, 0.25) is 0 Å². The Kier molecular flexibility index (Phi) is 3.44. The van der Waals surface area contributed by atoms with Crippen LogP contribution < -0.4 is 0 Å². The zero-order valence-corrected chi connectivity index (χ0v) is 9.25. The van der Waals surface area contributed by atoms with Crippen molar-refractivity contribution in [2.45, 2.75) is 0 Å². The van der Waals surface area contributed by atoms with Crippen LogP contribution in [0.5, 0.6) is 0 Å². The Bertz CT molecular complexity index is 493. The largest absolute Gasteiger partial charge is 0.389 e. The third-order valence-electron chi connectivity index (χ3n) is 2.01. The van der Waals surface area contributed by atoms with Gasteiger partial charge in [0.25, 0.3) is 0 Å². The van der Waals surface area contributed by atoms with Gasteiger partial charge in [0.15, 0.2) is 0 Å². The lowest BCUT2D eigenvalue weighted by molar-refractivity contribution is 0.300. The smallest absolute Gasteiger partial charge is 0.126 e. The molecular formula is C12H10FNOS. The highest BCUT2D eigenvalue weighted by atomic mass is 32.1. The van der Waals surface area contributed by atoms with Crippen LogP contribution in [-0.2, 0) is 0 Å². The van der Waals surface area contributed by atoms with Gasteiger partial charge < -0.3 is 5.11 Å². The van der Waals surface area contributed by atoms with E-state index in [9.17, 15) is 4.39 Å². The zero-order valence-electron chi connectivity index (χ0n) is 8.43. The number of pyridine rings is 1. The molecule has 82 valence electrons. The maximum absolute atomic E-state index is 12.8. The predicted octanol–water partition coefficient (Wildman–Crippen LogP) is 3.11. The van der Waals surface area contributed by atoms with Gasteiger partial charge in [-0.05, 0) is 35.2 Å². The highest BCUT2D eigenvalue weighted by molar-refractivity contribution is 7.13. The first-order chi connectivity index (χ1) is 7.79. The minimum absolute atomic E-state index is 0.537. The van der Waals surface area contributed by atoms with Gasteiger partial charge >= 0.3 is 0 Å². The Hall–Kier alpha value is -1.52. The lowest BCUT2D eigenvalue weighted by atomic mass is 10.2. The average molecular weight is 235 g/mol. The Morgan fingerprint density at radius 3 is 3.06 bits per heavy atom. The topological polar surface area (TPSA) is 33.1 Å². The van der Waals surface area contributed by atoms with Gasteiger partial charge in [-0.3, -0.25) is 4.98 Å². The van der Waals surface area contributed by atoms with Crippen LogP contribution in [-0.4, -0.2) is 16.7 Å². The number of aliphatic hydroxyl groups is 1. The monoisotopic (exact) mass is 235 g/mol. The molecule has 4 heteroatoms. The van der Waals surface area contributed by atoms with E-state index in [1.54, 1.807) is 6.20 Å². The molecule has 0 saturated carbocycles. The van der Waals surface area contributed by atoms with Gasteiger partial charge in [0.1, 0.15) is 5.83 Å². The minimum Gasteiger partial charge on any atom is -0.389 e. The minimum atomic E-state index is -0.561. The van der Waals surface area contributed by atoms with Crippen LogP contribution in [0, 0.1) is 0 Å². The van der Waals surface area contributed by atoms with Crippen LogP contribution in [0.25, 0.3) is 16.6 Å². The molecule has 0 bridgehead atoms. The van der Waals surface area contributed by atoms with Crippen LogP contribution in [0.1, 0.15) is 5.56 Å². The molecule has 2 aromatic heterocycles. The third-order valence-corrected chi connectivity index (χ3v) is 2.98. The Morgan fingerprint density at radius 2 is 2.38 bits per heavy atom. The summed E-state index contributed by atoms with van der Waals surface area (Å²) in [5, 5.41) is 10.4. The molecule has 16 heavy (non-hydrogen) atoms. The average Bonchev–Trinajstić information content (AvgIpc) is 2.78. The van der Waals surface area contributed by atoms with Gasteiger partial charge in [-0.15, -0.1) is 11.3 Å². The van der Waals surface area contributed by atoms with Gasteiger partial charge in [-0.2, -0.15) is 0 Å². The van der Waals surface area contributed by atoms with Crippen molar-refractivity contribution in [1.29, 1.82) is 0 Å². The molecule has 0 unspecified atom stereocenters. The van der Waals surface area contributed by atoms with Crippen LogP contribution >= 0.6 is 11.3 Å². The molecule has 2 nitrogen and oxygen atoms in total. The number of nitrogens with zero attached hydrogens (tertiary/aromatic N) is 1. The molecule has 0 radical (unpaired) electrons. The molecule has 0 amide bonds. The fourth-order valence-electron chi connectivity index (χ4n) is 1.30. The van der Waals surface area contributed by atoms with E-state index in [4.69, 9.17) is 5.11 Å². The van der Waals surface area contributed by atoms with E-state index in [1.807, 2.05) is 29.6 Å². The number of rotatable bonds is 3. The summed E-state index contributed by atoms with van der Waals surface area (Å²) in [6, 6.07) is 7.51.